The summed E-state index contributed by atoms with van der Waals surface area (Å²) in [7, 11) is 1.69. The monoisotopic (exact) mass is 447 g/mol. The first-order valence-corrected chi connectivity index (χ1v) is 11.1. The summed E-state index contributed by atoms with van der Waals surface area (Å²) in [5, 5.41) is 0. The van der Waals surface area contributed by atoms with Crippen molar-refractivity contribution in [3.05, 3.63) is 133 Å². The molecule has 0 saturated carbocycles. The van der Waals surface area contributed by atoms with E-state index in [1.54, 1.807) is 30.1 Å². The molecule has 1 nitrogen and oxygen atoms in total. The van der Waals surface area contributed by atoms with E-state index in [4.69, 9.17) is 0 Å². The SMILES string of the molecule is CN(c1ccccc1F)c1c(F)cc(-c2ccc(-c3ccccc3)cc2)cc1-c1ccccc1. The van der Waals surface area contributed by atoms with Crippen LogP contribution in [0, 0.1) is 11.6 Å². The van der Waals surface area contributed by atoms with Gasteiger partial charge in [0.05, 0.1) is 11.4 Å². The van der Waals surface area contributed by atoms with Crippen molar-refractivity contribution in [2.45, 2.75) is 0 Å². The molecule has 0 aliphatic rings. The molecule has 34 heavy (non-hydrogen) atoms. The number of anilines is 2. The fourth-order valence-corrected chi connectivity index (χ4v) is 4.27. The highest BCUT2D eigenvalue weighted by molar-refractivity contribution is 5.87. The van der Waals surface area contributed by atoms with Gasteiger partial charge in [-0.2, -0.15) is 0 Å². The van der Waals surface area contributed by atoms with Crippen molar-refractivity contribution >= 4 is 11.4 Å². The molecule has 5 aromatic rings. The van der Waals surface area contributed by atoms with E-state index in [9.17, 15) is 4.39 Å². The second kappa shape index (κ2) is 9.32. The van der Waals surface area contributed by atoms with Crippen LogP contribution in [-0.4, -0.2) is 7.05 Å². The second-order valence-corrected chi connectivity index (χ2v) is 8.17. The highest BCUT2D eigenvalue weighted by atomic mass is 19.1. The molecule has 3 heteroatoms. The summed E-state index contributed by atoms with van der Waals surface area (Å²) in [6.45, 7) is 0. The zero-order valence-corrected chi connectivity index (χ0v) is 18.8. The molecule has 0 saturated heterocycles. The highest BCUT2D eigenvalue weighted by Crippen LogP contribution is 2.40. The predicted octanol–water partition coefficient (Wildman–Crippen LogP) is 8.73. The molecule has 5 rings (SSSR count). The Bertz CT molecular complexity index is 1410. The Labute approximate surface area is 198 Å². The average molecular weight is 448 g/mol. The lowest BCUT2D eigenvalue weighted by molar-refractivity contribution is 0.618. The highest BCUT2D eigenvalue weighted by Gasteiger charge is 2.20. The second-order valence-electron chi connectivity index (χ2n) is 8.17. The topological polar surface area (TPSA) is 3.24 Å². The van der Waals surface area contributed by atoms with Crippen molar-refractivity contribution < 1.29 is 8.78 Å². The lowest BCUT2D eigenvalue weighted by atomic mass is 9.95. The standard InChI is InChI=1S/C31H23F2N/c1-34(30-15-9-8-14-28(30)32)31-27(25-12-6-3-7-13-25)20-26(21-29(31)33)24-18-16-23(17-19-24)22-10-4-2-5-11-22/h2-21H,1H3. The molecular formula is C31H23F2N. The quantitative estimate of drug-likeness (QED) is 0.260. The van der Waals surface area contributed by atoms with E-state index in [-0.39, 0.29) is 0 Å². The van der Waals surface area contributed by atoms with Crippen LogP contribution < -0.4 is 4.90 Å². The lowest BCUT2D eigenvalue weighted by Gasteiger charge is -2.25. The maximum Gasteiger partial charge on any atom is 0.148 e. The van der Waals surface area contributed by atoms with E-state index in [0.29, 0.717) is 16.9 Å². The molecule has 5 aromatic carbocycles. The Morgan fingerprint density at radius 3 is 1.59 bits per heavy atom. The first-order chi connectivity index (χ1) is 16.6. The zero-order valence-electron chi connectivity index (χ0n) is 18.8. The molecule has 0 aliphatic carbocycles. The van der Waals surface area contributed by atoms with Crippen LogP contribution in [0.1, 0.15) is 0 Å². The summed E-state index contributed by atoms with van der Waals surface area (Å²) in [5.41, 5.74) is 6.13. The number of halogens is 2. The van der Waals surface area contributed by atoms with Gasteiger partial charge in [0.2, 0.25) is 0 Å². The van der Waals surface area contributed by atoms with Gasteiger partial charge in [0.15, 0.2) is 0 Å². The smallest absolute Gasteiger partial charge is 0.148 e. The summed E-state index contributed by atoms with van der Waals surface area (Å²) < 4.78 is 30.3. The first kappa shape index (κ1) is 21.6. The normalized spacial score (nSPS) is 10.8. The largest absolute Gasteiger partial charge is 0.339 e. The van der Waals surface area contributed by atoms with Gasteiger partial charge >= 0.3 is 0 Å². The van der Waals surface area contributed by atoms with Crippen LogP contribution in [0.5, 0.6) is 0 Å². The Kier molecular flexibility index (Phi) is 5.92. The number of para-hydroxylation sites is 1. The van der Waals surface area contributed by atoms with E-state index in [1.165, 1.54) is 12.1 Å². The van der Waals surface area contributed by atoms with Crippen LogP contribution >= 0.6 is 0 Å². The number of hydrogen-bond donors (Lipinski definition) is 0. The molecule has 0 amide bonds. The number of rotatable bonds is 5. The molecule has 0 aliphatic heterocycles. The molecule has 0 spiro atoms. The van der Waals surface area contributed by atoms with Gasteiger partial charge < -0.3 is 4.90 Å². The molecule has 0 fully saturated rings. The third-order valence-corrected chi connectivity index (χ3v) is 6.02. The van der Waals surface area contributed by atoms with Gasteiger partial charge in [0.25, 0.3) is 0 Å². The summed E-state index contributed by atoms with van der Waals surface area (Å²) in [4.78, 5) is 1.58. The van der Waals surface area contributed by atoms with E-state index in [2.05, 4.69) is 12.1 Å². The number of benzene rings is 5. The van der Waals surface area contributed by atoms with Gasteiger partial charge in [0.1, 0.15) is 11.6 Å². The van der Waals surface area contributed by atoms with Crippen LogP contribution in [0.3, 0.4) is 0 Å². The Morgan fingerprint density at radius 1 is 0.471 bits per heavy atom. The van der Waals surface area contributed by atoms with Crippen molar-refractivity contribution in [1.82, 2.24) is 0 Å². The number of hydrogen-bond acceptors (Lipinski definition) is 1. The van der Waals surface area contributed by atoms with Crippen molar-refractivity contribution in [2.24, 2.45) is 0 Å². The van der Waals surface area contributed by atoms with Gasteiger partial charge in [-0.25, -0.2) is 8.78 Å². The van der Waals surface area contributed by atoms with E-state index < -0.39 is 11.6 Å². The van der Waals surface area contributed by atoms with Crippen molar-refractivity contribution in [1.29, 1.82) is 0 Å². The summed E-state index contributed by atoms with van der Waals surface area (Å²) in [6, 6.07) is 37.8. The molecule has 0 radical (unpaired) electrons. The van der Waals surface area contributed by atoms with E-state index in [0.717, 1.165) is 27.8 Å². The van der Waals surface area contributed by atoms with Crippen LogP contribution in [0.25, 0.3) is 33.4 Å². The van der Waals surface area contributed by atoms with Crippen LogP contribution in [0.2, 0.25) is 0 Å². The Morgan fingerprint density at radius 2 is 0.971 bits per heavy atom. The molecular weight excluding hydrogens is 424 g/mol. The van der Waals surface area contributed by atoms with E-state index >= 15 is 4.39 Å². The minimum absolute atomic E-state index is 0.318. The maximum absolute atomic E-state index is 15.7. The lowest BCUT2D eigenvalue weighted by Crippen LogP contribution is -2.14. The van der Waals surface area contributed by atoms with Crippen LogP contribution in [0.4, 0.5) is 20.2 Å². The van der Waals surface area contributed by atoms with Crippen molar-refractivity contribution in [2.75, 3.05) is 11.9 Å². The van der Waals surface area contributed by atoms with Gasteiger partial charge in [-0.05, 0) is 52.1 Å². The van der Waals surface area contributed by atoms with Crippen LogP contribution in [-0.2, 0) is 0 Å². The molecule has 0 atom stereocenters. The van der Waals surface area contributed by atoms with Gasteiger partial charge in [0, 0.05) is 12.6 Å². The van der Waals surface area contributed by atoms with Crippen molar-refractivity contribution in [3.8, 4) is 33.4 Å². The predicted molar refractivity (Wildman–Crippen MR) is 137 cm³/mol. The molecule has 0 heterocycles. The third-order valence-electron chi connectivity index (χ3n) is 6.02. The molecule has 0 bridgehead atoms. The average Bonchev–Trinajstić information content (AvgIpc) is 2.89. The molecule has 0 N–H and O–H groups in total. The summed E-state index contributed by atoms with van der Waals surface area (Å²) >= 11 is 0. The first-order valence-electron chi connectivity index (χ1n) is 11.1. The van der Waals surface area contributed by atoms with Crippen LogP contribution in [0.15, 0.2) is 121 Å². The molecule has 0 unspecified atom stereocenters. The zero-order chi connectivity index (χ0) is 23.5. The fourth-order valence-electron chi connectivity index (χ4n) is 4.27. The summed E-state index contributed by atoms with van der Waals surface area (Å²) in [6.07, 6.45) is 0. The fraction of sp³-hybridized carbons (Fsp3) is 0.0323. The molecule has 166 valence electrons. The van der Waals surface area contributed by atoms with Gasteiger partial charge in [-0.3, -0.25) is 0 Å². The summed E-state index contributed by atoms with van der Waals surface area (Å²) in [5.74, 6) is -0.807. The van der Waals surface area contributed by atoms with Crippen molar-refractivity contribution in [3.63, 3.8) is 0 Å². The molecule has 0 aromatic heterocycles. The van der Waals surface area contributed by atoms with Gasteiger partial charge in [-0.15, -0.1) is 0 Å². The van der Waals surface area contributed by atoms with E-state index in [1.807, 2.05) is 78.9 Å². The van der Waals surface area contributed by atoms with Gasteiger partial charge in [-0.1, -0.05) is 97.1 Å². The minimum Gasteiger partial charge on any atom is -0.339 e. The third kappa shape index (κ3) is 4.20. The number of nitrogens with zero attached hydrogens (tertiary/aromatic N) is 1. The maximum atomic E-state index is 15.7. The Hall–Kier alpha value is -4.24. The Balaban J connectivity index is 1.62. The minimum atomic E-state index is -0.408.